The second-order valence-corrected chi connectivity index (χ2v) is 3.96. The molecule has 114 valence electrons. The lowest BCUT2D eigenvalue weighted by Crippen LogP contribution is -2.40. The number of alkyl halides is 3. The molecule has 0 aliphatic rings. The zero-order chi connectivity index (χ0) is 16.0. The minimum absolute atomic E-state index is 0.0546. The first kappa shape index (κ1) is 16.6. The van der Waals surface area contributed by atoms with E-state index in [1.165, 1.54) is 0 Å². The van der Waals surface area contributed by atoms with Crippen molar-refractivity contribution in [1.82, 2.24) is 15.3 Å². The standard InChI is InChI=1S/C12H12F3N3O3/c1-2-3-4-8(10(20)21)18-9(19)7-5-16-11(17-6-7)12(13,14)15/h2-3,5-6,8H,4H2,1H3,(H,18,19)(H,20,21)/b3-2+. The minimum Gasteiger partial charge on any atom is -0.480 e. The van der Waals surface area contributed by atoms with E-state index in [1.807, 2.05) is 0 Å². The zero-order valence-corrected chi connectivity index (χ0v) is 10.9. The van der Waals surface area contributed by atoms with Crippen molar-refractivity contribution in [3.05, 3.63) is 35.9 Å². The number of nitrogens with zero attached hydrogens (tertiary/aromatic N) is 2. The van der Waals surface area contributed by atoms with Gasteiger partial charge in [-0.2, -0.15) is 13.2 Å². The molecule has 9 heteroatoms. The number of nitrogens with one attached hydrogen (secondary N) is 1. The Kier molecular flexibility index (Phi) is 5.39. The van der Waals surface area contributed by atoms with Crippen molar-refractivity contribution in [2.24, 2.45) is 0 Å². The van der Waals surface area contributed by atoms with Crippen LogP contribution in [0.5, 0.6) is 0 Å². The van der Waals surface area contributed by atoms with E-state index >= 15 is 0 Å². The van der Waals surface area contributed by atoms with Crippen LogP contribution in [0.15, 0.2) is 24.5 Å². The van der Waals surface area contributed by atoms with E-state index in [0.717, 1.165) is 0 Å². The molecular weight excluding hydrogens is 291 g/mol. The number of carbonyl (C=O) groups is 2. The Hall–Kier alpha value is -2.45. The number of halogens is 3. The average molecular weight is 303 g/mol. The number of aromatic nitrogens is 2. The highest BCUT2D eigenvalue weighted by atomic mass is 19.4. The van der Waals surface area contributed by atoms with Gasteiger partial charge >= 0.3 is 12.1 Å². The number of aliphatic carboxylic acids is 1. The Labute approximate surface area is 117 Å². The summed E-state index contributed by atoms with van der Waals surface area (Å²) in [6.45, 7) is 1.68. The Morgan fingerprint density at radius 2 is 1.95 bits per heavy atom. The number of carboxylic acid groups (broad SMARTS) is 1. The van der Waals surface area contributed by atoms with Gasteiger partial charge in [-0.05, 0) is 13.3 Å². The summed E-state index contributed by atoms with van der Waals surface area (Å²) < 4.78 is 36.8. The molecular formula is C12H12F3N3O3. The fourth-order valence-corrected chi connectivity index (χ4v) is 1.33. The molecule has 0 saturated carbocycles. The number of amides is 1. The van der Waals surface area contributed by atoms with Crippen molar-refractivity contribution in [3.63, 3.8) is 0 Å². The van der Waals surface area contributed by atoms with Gasteiger partial charge in [-0.15, -0.1) is 0 Å². The van der Waals surface area contributed by atoms with Gasteiger partial charge in [-0.3, -0.25) is 4.79 Å². The van der Waals surface area contributed by atoms with Crippen molar-refractivity contribution in [2.75, 3.05) is 0 Å². The third kappa shape index (κ3) is 4.86. The van der Waals surface area contributed by atoms with Gasteiger partial charge in [0.2, 0.25) is 5.82 Å². The Morgan fingerprint density at radius 3 is 2.38 bits per heavy atom. The van der Waals surface area contributed by atoms with Gasteiger partial charge in [-0.25, -0.2) is 14.8 Å². The van der Waals surface area contributed by atoms with E-state index in [1.54, 1.807) is 19.1 Å². The molecule has 2 N–H and O–H groups in total. The first-order valence-electron chi connectivity index (χ1n) is 5.79. The highest BCUT2D eigenvalue weighted by molar-refractivity contribution is 5.96. The molecule has 6 nitrogen and oxygen atoms in total. The summed E-state index contributed by atoms with van der Waals surface area (Å²) in [7, 11) is 0. The molecule has 1 unspecified atom stereocenters. The van der Waals surface area contributed by atoms with Gasteiger partial charge in [-0.1, -0.05) is 12.2 Å². The zero-order valence-electron chi connectivity index (χ0n) is 10.9. The van der Waals surface area contributed by atoms with E-state index in [0.29, 0.717) is 12.4 Å². The average Bonchev–Trinajstić information content (AvgIpc) is 2.42. The Morgan fingerprint density at radius 1 is 1.38 bits per heavy atom. The van der Waals surface area contributed by atoms with Gasteiger partial charge in [0.15, 0.2) is 0 Å². The number of carboxylic acids is 1. The van der Waals surface area contributed by atoms with Crippen LogP contribution in [-0.4, -0.2) is 33.0 Å². The molecule has 1 atom stereocenters. The number of allylic oxidation sites excluding steroid dienone is 1. The molecule has 0 radical (unpaired) electrons. The quantitative estimate of drug-likeness (QED) is 0.807. The summed E-state index contributed by atoms with van der Waals surface area (Å²) in [6.07, 6.45) is -0.102. The van der Waals surface area contributed by atoms with E-state index < -0.39 is 29.9 Å². The van der Waals surface area contributed by atoms with Gasteiger partial charge < -0.3 is 10.4 Å². The van der Waals surface area contributed by atoms with Crippen LogP contribution in [0.2, 0.25) is 0 Å². The van der Waals surface area contributed by atoms with E-state index in [4.69, 9.17) is 5.11 Å². The third-order valence-corrected chi connectivity index (χ3v) is 2.38. The summed E-state index contributed by atoms with van der Waals surface area (Å²) in [5.74, 6) is -3.49. The highest BCUT2D eigenvalue weighted by Gasteiger charge is 2.34. The maximum Gasteiger partial charge on any atom is 0.451 e. The monoisotopic (exact) mass is 303 g/mol. The predicted molar refractivity (Wildman–Crippen MR) is 65.4 cm³/mol. The van der Waals surface area contributed by atoms with Gasteiger partial charge in [0.05, 0.1) is 5.56 Å². The molecule has 0 fully saturated rings. The third-order valence-electron chi connectivity index (χ3n) is 2.38. The van der Waals surface area contributed by atoms with Crippen molar-refractivity contribution >= 4 is 11.9 Å². The summed E-state index contributed by atoms with van der Waals surface area (Å²) in [4.78, 5) is 28.7. The number of carbonyl (C=O) groups excluding carboxylic acids is 1. The minimum atomic E-state index is -4.70. The molecule has 0 bridgehead atoms. The molecule has 0 aromatic carbocycles. The van der Waals surface area contributed by atoms with Crippen molar-refractivity contribution in [3.8, 4) is 0 Å². The Balaban J connectivity index is 2.81. The molecule has 1 heterocycles. The fraction of sp³-hybridized carbons (Fsp3) is 0.333. The van der Waals surface area contributed by atoms with Crippen LogP contribution in [0.1, 0.15) is 29.5 Å². The molecule has 1 aromatic rings. The van der Waals surface area contributed by atoms with E-state index in [-0.39, 0.29) is 12.0 Å². The van der Waals surface area contributed by atoms with Crippen molar-refractivity contribution < 1.29 is 27.9 Å². The molecule has 21 heavy (non-hydrogen) atoms. The van der Waals surface area contributed by atoms with E-state index in [2.05, 4.69) is 15.3 Å². The van der Waals surface area contributed by atoms with Crippen molar-refractivity contribution in [1.29, 1.82) is 0 Å². The molecule has 1 rings (SSSR count). The highest BCUT2D eigenvalue weighted by Crippen LogP contribution is 2.25. The van der Waals surface area contributed by atoms with Crippen LogP contribution in [0.4, 0.5) is 13.2 Å². The summed E-state index contributed by atoms with van der Waals surface area (Å²) >= 11 is 0. The predicted octanol–water partition coefficient (Wildman–Crippen LogP) is 1.64. The second-order valence-electron chi connectivity index (χ2n) is 3.96. The smallest absolute Gasteiger partial charge is 0.451 e. The summed E-state index contributed by atoms with van der Waals surface area (Å²) in [5.41, 5.74) is -0.255. The van der Waals surface area contributed by atoms with Crippen LogP contribution in [0.25, 0.3) is 0 Å². The van der Waals surface area contributed by atoms with Gasteiger partial charge in [0, 0.05) is 12.4 Å². The topological polar surface area (TPSA) is 92.2 Å². The first-order chi connectivity index (χ1) is 9.75. The van der Waals surface area contributed by atoms with Crippen LogP contribution in [0.3, 0.4) is 0 Å². The molecule has 0 aliphatic heterocycles. The second kappa shape index (κ2) is 6.82. The summed E-state index contributed by atoms with van der Waals surface area (Å²) in [5, 5.41) is 11.1. The van der Waals surface area contributed by atoms with Crippen LogP contribution in [-0.2, 0) is 11.0 Å². The summed E-state index contributed by atoms with van der Waals surface area (Å²) in [6, 6.07) is -1.18. The van der Waals surface area contributed by atoms with Crippen molar-refractivity contribution in [2.45, 2.75) is 25.6 Å². The first-order valence-corrected chi connectivity index (χ1v) is 5.79. The van der Waals surface area contributed by atoms with Crippen LogP contribution >= 0.6 is 0 Å². The molecule has 0 aliphatic carbocycles. The van der Waals surface area contributed by atoms with Gasteiger partial charge in [0.25, 0.3) is 5.91 Å². The fourth-order valence-electron chi connectivity index (χ4n) is 1.33. The lowest BCUT2D eigenvalue weighted by molar-refractivity contribution is -0.145. The lowest BCUT2D eigenvalue weighted by atomic mass is 10.2. The Bertz CT molecular complexity index is 541. The SMILES string of the molecule is C/C=C/CC(NC(=O)c1cnc(C(F)(F)F)nc1)C(=O)O. The molecule has 1 amide bonds. The maximum absolute atomic E-state index is 12.3. The van der Waals surface area contributed by atoms with Gasteiger partial charge in [0.1, 0.15) is 6.04 Å². The molecule has 0 saturated heterocycles. The normalized spacial score (nSPS) is 13.1. The maximum atomic E-state index is 12.3. The largest absolute Gasteiger partial charge is 0.480 e. The molecule has 0 spiro atoms. The van der Waals surface area contributed by atoms with Crippen LogP contribution in [0, 0.1) is 0 Å². The molecule has 1 aromatic heterocycles. The number of hydrogen-bond donors (Lipinski definition) is 2. The number of hydrogen-bond acceptors (Lipinski definition) is 4. The van der Waals surface area contributed by atoms with Crippen LogP contribution < -0.4 is 5.32 Å². The number of rotatable bonds is 5. The lowest BCUT2D eigenvalue weighted by Gasteiger charge is -2.12. The van der Waals surface area contributed by atoms with E-state index in [9.17, 15) is 22.8 Å².